The fraction of sp³-hybridized carbons (Fsp3) is 0.200. The first kappa shape index (κ1) is 18.1. The van der Waals surface area contributed by atoms with Crippen LogP contribution in [0.2, 0.25) is 0 Å². The Balaban J connectivity index is 1.88. The van der Waals surface area contributed by atoms with Crippen molar-refractivity contribution in [3.05, 3.63) is 58.5 Å². The third-order valence-corrected chi connectivity index (χ3v) is 4.85. The van der Waals surface area contributed by atoms with Crippen LogP contribution in [0.5, 0.6) is 11.5 Å². The van der Waals surface area contributed by atoms with Crippen molar-refractivity contribution in [2.45, 2.75) is 20.3 Å². The van der Waals surface area contributed by atoms with E-state index in [9.17, 15) is 14.7 Å². The van der Waals surface area contributed by atoms with Gasteiger partial charge in [0, 0.05) is 0 Å². The maximum absolute atomic E-state index is 12.7. The van der Waals surface area contributed by atoms with E-state index in [0.29, 0.717) is 28.5 Å². The van der Waals surface area contributed by atoms with Gasteiger partial charge < -0.3 is 9.84 Å². The summed E-state index contributed by atoms with van der Waals surface area (Å²) < 4.78 is 5.35. The smallest absolute Gasteiger partial charge is 0.298 e. The summed E-state index contributed by atoms with van der Waals surface area (Å²) >= 11 is 0.900. The molecule has 0 spiro atoms. The number of benzene rings is 2. The van der Waals surface area contributed by atoms with Gasteiger partial charge in [-0.1, -0.05) is 25.1 Å². The molecule has 1 aliphatic heterocycles. The van der Waals surface area contributed by atoms with E-state index in [2.05, 4.69) is 0 Å². The summed E-state index contributed by atoms with van der Waals surface area (Å²) in [6, 6.07) is 12.2. The van der Waals surface area contributed by atoms with Crippen LogP contribution < -0.4 is 9.64 Å². The maximum Gasteiger partial charge on any atom is 0.298 e. The number of imide groups is 1. The van der Waals surface area contributed by atoms with Crippen molar-refractivity contribution in [3.63, 3.8) is 0 Å². The molecule has 1 aliphatic rings. The zero-order valence-corrected chi connectivity index (χ0v) is 15.4. The van der Waals surface area contributed by atoms with Gasteiger partial charge in [-0.2, -0.15) is 0 Å². The molecule has 134 valence electrons. The predicted octanol–water partition coefficient (Wildman–Crippen LogP) is 4.59. The van der Waals surface area contributed by atoms with Crippen molar-refractivity contribution < 1.29 is 19.4 Å². The number of carbonyl (C=O) groups is 2. The van der Waals surface area contributed by atoms with Crippen LogP contribution >= 0.6 is 11.8 Å². The van der Waals surface area contributed by atoms with Crippen LogP contribution in [0.4, 0.5) is 10.5 Å². The Kier molecular flexibility index (Phi) is 5.32. The summed E-state index contributed by atoms with van der Waals surface area (Å²) in [5.41, 5.74) is 2.38. The van der Waals surface area contributed by atoms with E-state index in [-0.39, 0.29) is 16.9 Å². The van der Waals surface area contributed by atoms with Gasteiger partial charge in [0.15, 0.2) is 11.5 Å². The number of nitrogens with zero attached hydrogens (tertiary/aromatic N) is 1. The van der Waals surface area contributed by atoms with Gasteiger partial charge in [0.05, 0.1) is 17.2 Å². The van der Waals surface area contributed by atoms with Gasteiger partial charge in [0.1, 0.15) is 0 Å². The van der Waals surface area contributed by atoms with Crippen molar-refractivity contribution in [2.24, 2.45) is 0 Å². The zero-order chi connectivity index (χ0) is 18.7. The number of amides is 2. The molecule has 0 atom stereocenters. The molecule has 2 aromatic rings. The van der Waals surface area contributed by atoms with E-state index < -0.39 is 0 Å². The first-order valence-electron chi connectivity index (χ1n) is 8.36. The predicted molar refractivity (Wildman–Crippen MR) is 104 cm³/mol. The number of hydrogen-bond acceptors (Lipinski definition) is 5. The number of rotatable bonds is 5. The lowest BCUT2D eigenvalue weighted by Gasteiger charge is -2.12. The standard InChI is InChI=1S/C20H19NO4S/c1-3-13-5-8-15(9-6-13)21-19(23)18(26-20(21)24)12-14-7-10-16(22)17(11-14)25-4-2/h5-12,22H,3-4H2,1-2H3/b18-12-. The molecule has 1 heterocycles. The lowest BCUT2D eigenvalue weighted by molar-refractivity contribution is -0.113. The van der Waals surface area contributed by atoms with E-state index in [0.717, 1.165) is 23.7 Å². The van der Waals surface area contributed by atoms with Crippen molar-refractivity contribution in [2.75, 3.05) is 11.5 Å². The zero-order valence-electron chi connectivity index (χ0n) is 14.6. The number of thioether (sulfide) groups is 1. The van der Waals surface area contributed by atoms with Crippen molar-refractivity contribution >= 4 is 34.7 Å². The monoisotopic (exact) mass is 369 g/mol. The Morgan fingerprint density at radius 1 is 1.12 bits per heavy atom. The molecule has 6 heteroatoms. The second-order valence-corrected chi connectivity index (χ2v) is 6.69. The third-order valence-electron chi connectivity index (χ3n) is 3.98. The summed E-state index contributed by atoms with van der Waals surface area (Å²) in [6.07, 6.45) is 2.53. The Bertz CT molecular complexity index is 874. The van der Waals surface area contributed by atoms with Crippen LogP contribution in [0, 0.1) is 0 Å². The van der Waals surface area contributed by atoms with Gasteiger partial charge >= 0.3 is 0 Å². The van der Waals surface area contributed by atoms with E-state index in [1.807, 2.05) is 26.0 Å². The molecular formula is C20H19NO4S. The van der Waals surface area contributed by atoms with Gasteiger partial charge in [0.2, 0.25) is 0 Å². The summed E-state index contributed by atoms with van der Waals surface area (Å²) in [4.78, 5) is 26.5. The molecule has 5 nitrogen and oxygen atoms in total. The molecule has 1 N–H and O–H groups in total. The quantitative estimate of drug-likeness (QED) is 0.781. The summed E-state index contributed by atoms with van der Waals surface area (Å²) in [5, 5.41) is 9.45. The molecule has 3 rings (SSSR count). The fourth-order valence-electron chi connectivity index (χ4n) is 2.61. The van der Waals surface area contributed by atoms with Crippen molar-refractivity contribution in [1.29, 1.82) is 0 Å². The summed E-state index contributed by atoms with van der Waals surface area (Å²) in [7, 11) is 0. The number of phenols is 1. The third kappa shape index (κ3) is 3.60. The molecule has 0 aromatic heterocycles. The number of phenolic OH excluding ortho intramolecular Hbond substituents is 1. The minimum absolute atomic E-state index is 0.0353. The molecule has 0 bridgehead atoms. The molecule has 2 aromatic carbocycles. The molecule has 0 radical (unpaired) electrons. The van der Waals surface area contributed by atoms with E-state index in [4.69, 9.17) is 4.74 Å². The highest BCUT2D eigenvalue weighted by molar-refractivity contribution is 8.19. The molecule has 26 heavy (non-hydrogen) atoms. The maximum atomic E-state index is 12.7. The molecule has 0 saturated carbocycles. The Morgan fingerprint density at radius 3 is 2.50 bits per heavy atom. The highest BCUT2D eigenvalue weighted by atomic mass is 32.2. The number of aromatic hydroxyl groups is 1. The highest BCUT2D eigenvalue weighted by Gasteiger charge is 2.36. The summed E-state index contributed by atoms with van der Waals surface area (Å²) in [6.45, 7) is 4.29. The van der Waals surface area contributed by atoms with Gasteiger partial charge in [-0.25, -0.2) is 4.90 Å². The van der Waals surface area contributed by atoms with Crippen LogP contribution in [0.3, 0.4) is 0 Å². The van der Waals surface area contributed by atoms with Gasteiger partial charge in [0.25, 0.3) is 11.1 Å². The highest BCUT2D eigenvalue weighted by Crippen LogP contribution is 2.36. The summed E-state index contributed by atoms with van der Waals surface area (Å²) in [5.74, 6) is 0.0269. The Labute approximate surface area is 156 Å². The van der Waals surface area contributed by atoms with E-state index in [1.54, 1.807) is 30.3 Å². The Hall–Kier alpha value is -2.73. The minimum Gasteiger partial charge on any atom is -0.504 e. The second-order valence-electron chi connectivity index (χ2n) is 5.70. The van der Waals surface area contributed by atoms with Crippen LogP contribution in [0.1, 0.15) is 25.0 Å². The number of ether oxygens (including phenoxy) is 1. The number of aryl methyl sites for hydroxylation is 1. The van der Waals surface area contributed by atoms with Crippen LogP contribution in [0.25, 0.3) is 6.08 Å². The molecule has 2 amide bonds. The largest absolute Gasteiger partial charge is 0.504 e. The van der Waals surface area contributed by atoms with E-state index in [1.165, 1.54) is 11.0 Å². The topological polar surface area (TPSA) is 66.8 Å². The minimum atomic E-state index is -0.352. The van der Waals surface area contributed by atoms with Crippen LogP contribution in [0.15, 0.2) is 47.4 Å². The molecular weight excluding hydrogens is 350 g/mol. The van der Waals surface area contributed by atoms with Crippen molar-refractivity contribution in [3.8, 4) is 11.5 Å². The number of carbonyl (C=O) groups excluding carboxylic acids is 2. The normalized spacial score (nSPS) is 15.8. The lowest BCUT2D eigenvalue weighted by atomic mass is 10.1. The van der Waals surface area contributed by atoms with Gasteiger partial charge in [-0.15, -0.1) is 0 Å². The van der Waals surface area contributed by atoms with Crippen LogP contribution in [-0.2, 0) is 11.2 Å². The number of anilines is 1. The van der Waals surface area contributed by atoms with Gasteiger partial charge in [-0.3, -0.25) is 9.59 Å². The molecule has 1 saturated heterocycles. The lowest BCUT2D eigenvalue weighted by Crippen LogP contribution is -2.27. The first-order valence-corrected chi connectivity index (χ1v) is 9.17. The molecule has 0 unspecified atom stereocenters. The fourth-order valence-corrected chi connectivity index (χ4v) is 3.46. The number of hydrogen-bond donors (Lipinski definition) is 1. The SMILES string of the molecule is CCOc1cc(/C=C2\SC(=O)N(c3ccc(CC)cc3)C2=O)ccc1O. The molecule has 1 fully saturated rings. The Morgan fingerprint density at radius 2 is 1.85 bits per heavy atom. The molecule has 0 aliphatic carbocycles. The average molecular weight is 369 g/mol. The van der Waals surface area contributed by atoms with Gasteiger partial charge in [-0.05, 0) is 66.6 Å². The van der Waals surface area contributed by atoms with E-state index >= 15 is 0 Å². The van der Waals surface area contributed by atoms with Crippen LogP contribution in [-0.4, -0.2) is 22.9 Å². The average Bonchev–Trinajstić information content (AvgIpc) is 2.92. The van der Waals surface area contributed by atoms with Crippen molar-refractivity contribution in [1.82, 2.24) is 0 Å². The second kappa shape index (κ2) is 7.66. The first-order chi connectivity index (χ1) is 12.5.